The number of hydrogen-bond acceptors (Lipinski definition) is 8. The van der Waals surface area contributed by atoms with Crippen molar-refractivity contribution >= 4 is 5.91 Å². The van der Waals surface area contributed by atoms with E-state index >= 15 is 0 Å². The van der Waals surface area contributed by atoms with E-state index in [1.165, 1.54) is 0 Å². The highest BCUT2D eigenvalue weighted by atomic mass is 16.7. The Morgan fingerprint density at radius 2 is 1.76 bits per heavy atom. The van der Waals surface area contributed by atoms with Crippen molar-refractivity contribution in [1.82, 2.24) is 5.32 Å². The number of carbonyl (C=O) groups is 1. The second kappa shape index (κ2) is 14.8. The lowest BCUT2D eigenvalue weighted by atomic mass is 9.96. The average Bonchev–Trinajstić information content (AvgIpc) is 2.72. The molecule has 6 atom stereocenters. The van der Waals surface area contributed by atoms with Crippen LogP contribution in [0, 0.1) is 0 Å². The molecule has 1 aliphatic heterocycles. The molecule has 170 valence electrons. The summed E-state index contributed by atoms with van der Waals surface area (Å²) in [5.41, 5.74) is 0. The molecule has 1 aliphatic rings. The van der Waals surface area contributed by atoms with Gasteiger partial charge in [0.15, 0.2) is 6.29 Å². The number of nitrogens with one attached hydrogen (secondary N) is 1. The van der Waals surface area contributed by atoms with E-state index < -0.39 is 50.0 Å². The van der Waals surface area contributed by atoms with Crippen LogP contribution in [0.15, 0.2) is 12.7 Å². The fourth-order valence-electron chi connectivity index (χ4n) is 3.18. The van der Waals surface area contributed by atoms with E-state index in [1.807, 2.05) is 6.08 Å². The molecule has 1 heterocycles. The Morgan fingerprint density at radius 3 is 2.38 bits per heavy atom. The molecular weight excluding hydrogens is 382 g/mol. The Morgan fingerprint density at radius 1 is 1.10 bits per heavy atom. The summed E-state index contributed by atoms with van der Waals surface area (Å²) < 4.78 is 10.8. The summed E-state index contributed by atoms with van der Waals surface area (Å²) in [4.78, 5) is 12.3. The number of aliphatic hydroxyl groups excluding tert-OH is 5. The molecule has 0 aromatic heterocycles. The Kier molecular flexibility index (Phi) is 13.3. The van der Waals surface area contributed by atoms with Crippen molar-refractivity contribution in [2.24, 2.45) is 0 Å². The smallest absolute Gasteiger partial charge is 0.220 e. The van der Waals surface area contributed by atoms with Gasteiger partial charge in [-0.2, -0.15) is 0 Å². The summed E-state index contributed by atoms with van der Waals surface area (Å²) in [5.74, 6) is -0.310. The molecule has 9 nitrogen and oxygen atoms in total. The van der Waals surface area contributed by atoms with Crippen LogP contribution in [0.25, 0.3) is 0 Å². The molecule has 0 aliphatic carbocycles. The van der Waals surface area contributed by atoms with Gasteiger partial charge in [-0.3, -0.25) is 4.79 Å². The number of unbranched alkanes of at least 4 members (excludes halogenated alkanes) is 6. The molecule has 0 radical (unpaired) electrons. The maximum atomic E-state index is 12.3. The normalized spacial score (nSPS) is 28.1. The largest absolute Gasteiger partial charge is 0.394 e. The van der Waals surface area contributed by atoms with Crippen LogP contribution in [-0.2, 0) is 14.3 Å². The number of carbonyl (C=O) groups excluding carboxylic acids is 1. The third-order valence-corrected chi connectivity index (χ3v) is 4.93. The van der Waals surface area contributed by atoms with Gasteiger partial charge in [-0.15, -0.1) is 6.58 Å². The predicted molar refractivity (Wildman–Crippen MR) is 106 cm³/mol. The first kappa shape index (κ1) is 26.0. The maximum Gasteiger partial charge on any atom is 0.220 e. The summed E-state index contributed by atoms with van der Waals surface area (Å²) in [7, 11) is 0. The summed E-state index contributed by atoms with van der Waals surface area (Å²) in [6, 6.07) is -1.06. The number of rotatable bonds is 15. The van der Waals surface area contributed by atoms with Crippen molar-refractivity contribution in [2.75, 3.05) is 19.8 Å². The van der Waals surface area contributed by atoms with Gasteiger partial charge in [0.25, 0.3) is 0 Å². The lowest BCUT2D eigenvalue weighted by molar-refractivity contribution is -0.275. The number of amides is 1. The third kappa shape index (κ3) is 9.52. The first-order valence-electron chi connectivity index (χ1n) is 10.4. The fraction of sp³-hybridized carbons (Fsp3) is 0.850. The average molecular weight is 420 g/mol. The first-order valence-corrected chi connectivity index (χ1v) is 10.4. The minimum Gasteiger partial charge on any atom is -0.394 e. The standard InChI is InChI=1S/C20H37NO8/c1-2-3-4-5-6-7-8-9-10-16(25)21-17-19(27)18(26)15(12-23)29-20(17)28-13-14(24)11-22/h2,14-15,17-20,22-24,26-27H,1,3-13H2,(H,21,25)/t14?,15-,17-,18-,19-,20?/m1/s1. The van der Waals surface area contributed by atoms with E-state index in [0.717, 1.165) is 38.5 Å². The molecule has 0 spiro atoms. The quantitative estimate of drug-likeness (QED) is 0.155. The van der Waals surface area contributed by atoms with Crippen LogP contribution in [0.1, 0.15) is 51.4 Å². The van der Waals surface area contributed by atoms with Gasteiger partial charge < -0.3 is 40.3 Å². The number of hydrogen-bond donors (Lipinski definition) is 6. The molecule has 1 amide bonds. The van der Waals surface area contributed by atoms with Gasteiger partial charge in [0.2, 0.25) is 5.91 Å². The molecule has 0 aromatic rings. The van der Waals surface area contributed by atoms with E-state index in [-0.39, 0.29) is 18.9 Å². The molecule has 0 saturated carbocycles. The van der Waals surface area contributed by atoms with Crippen molar-refractivity contribution in [1.29, 1.82) is 0 Å². The van der Waals surface area contributed by atoms with Crippen molar-refractivity contribution in [3.8, 4) is 0 Å². The predicted octanol–water partition coefficient (Wildman–Crippen LogP) is -0.413. The highest BCUT2D eigenvalue weighted by Crippen LogP contribution is 2.22. The van der Waals surface area contributed by atoms with Crippen LogP contribution in [0.2, 0.25) is 0 Å². The van der Waals surface area contributed by atoms with E-state index in [0.29, 0.717) is 6.42 Å². The molecule has 1 fully saturated rings. The lowest BCUT2D eigenvalue weighted by Crippen LogP contribution is -2.65. The van der Waals surface area contributed by atoms with Gasteiger partial charge in [-0.25, -0.2) is 0 Å². The second-order valence-electron chi connectivity index (χ2n) is 7.42. The molecule has 6 N–H and O–H groups in total. The van der Waals surface area contributed by atoms with Crippen LogP contribution in [-0.4, -0.2) is 88.0 Å². The zero-order valence-corrected chi connectivity index (χ0v) is 17.0. The second-order valence-corrected chi connectivity index (χ2v) is 7.42. The molecule has 0 bridgehead atoms. The van der Waals surface area contributed by atoms with Crippen molar-refractivity contribution in [3.63, 3.8) is 0 Å². The highest BCUT2D eigenvalue weighted by Gasteiger charge is 2.45. The number of ether oxygens (including phenoxy) is 2. The van der Waals surface area contributed by atoms with Gasteiger partial charge in [-0.1, -0.05) is 31.8 Å². The number of allylic oxidation sites excluding steroid dienone is 1. The SMILES string of the molecule is C=CCCCCCCCCC(=O)N[C@H]1C(OCC(O)CO)O[C@H](CO)[C@@H](O)[C@@H]1O. The zero-order valence-electron chi connectivity index (χ0n) is 17.0. The van der Waals surface area contributed by atoms with Gasteiger partial charge in [0.05, 0.1) is 19.8 Å². The molecular formula is C20H37NO8. The Hall–Kier alpha value is -1.07. The van der Waals surface area contributed by atoms with Crippen molar-refractivity contribution < 1.29 is 39.8 Å². The molecule has 29 heavy (non-hydrogen) atoms. The molecule has 1 rings (SSSR count). The Bertz CT molecular complexity index is 464. The Balaban J connectivity index is 2.46. The van der Waals surface area contributed by atoms with Crippen molar-refractivity contribution in [3.05, 3.63) is 12.7 Å². The van der Waals surface area contributed by atoms with Gasteiger partial charge in [-0.05, 0) is 19.3 Å². The van der Waals surface area contributed by atoms with E-state index in [1.54, 1.807) is 0 Å². The fourth-order valence-corrected chi connectivity index (χ4v) is 3.18. The highest BCUT2D eigenvalue weighted by molar-refractivity contribution is 5.76. The summed E-state index contributed by atoms with van der Waals surface area (Å²) in [6.45, 7) is 2.33. The van der Waals surface area contributed by atoms with Gasteiger partial charge >= 0.3 is 0 Å². The molecule has 0 aromatic carbocycles. The third-order valence-electron chi connectivity index (χ3n) is 4.93. The van der Waals surface area contributed by atoms with Crippen LogP contribution >= 0.6 is 0 Å². The van der Waals surface area contributed by atoms with Crippen LogP contribution in [0.3, 0.4) is 0 Å². The van der Waals surface area contributed by atoms with Crippen molar-refractivity contribution in [2.45, 2.75) is 88.1 Å². The topological polar surface area (TPSA) is 149 Å². The first-order chi connectivity index (χ1) is 13.9. The van der Waals surface area contributed by atoms with Gasteiger partial charge in [0.1, 0.15) is 30.5 Å². The van der Waals surface area contributed by atoms with Gasteiger partial charge in [0, 0.05) is 6.42 Å². The molecule has 2 unspecified atom stereocenters. The zero-order chi connectivity index (χ0) is 21.6. The molecule has 9 heteroatoms. The Labute approximate surface area is 172 Å². The monoisotopic (exact) mass is 419 g/mol. The summed E-state index contributed by atoms with van der Waals surface area (Å²) >= 11 is 0. The summed E-state index contributed by atoms with van der Waals surface area (Å²) in [5, 5.41) is 50.6. The van der Waals surface area contributed by atoms with E-state index in [9.17, 15) is 25.2 Å². The van der Waals surface area contributed by atoms with Crippen LogP contribution in [0.5, 0.6) is 0 Å². The number of aliphatic hydroxyl groups is 5. The minimum absolute atomic E-state index is 0.265. The minimum atomic E-state index is -1.41. The van der Waals surface area contributed by atoms with E-state index in [2.05, 4.69) is 11.9 Å². The van der Waals surface area contributed by atoms with E-state index in [4.69, 9.17) is 14.6 Å². The molecule has 1 saturated heterocycles. The van der Waals surface area contributed by atoms with Crippen LogP contribution in [0.4, 0.5) is 0 Å². The maximum absolute atomic E-state index is 12.3. The lowest BCUT2D eigenvalue weighted by Gasteiger charge is -2.42. The summed E-state index contributed by atoms with van der Waals surface area (Å²) in [6.07, 6.45) is 3.02. The van der Waals surface area contributed by atoms with Crippen LogP contribution < -0.4 is 5.32 Å².